The van der Waals surface area contributed by atoms with Crippen molar-refractivity contribution >= 4 is 15.9 Å². The second-order valence-corrected chi connectivity index (χ2v) is 9.92. The Balaban J connectivity index is 1.63. The number of nitrogens with zero attached hydrogens (tertiary/aromatic N) is 2. The fraction of sp³-hybridized carbons (Fsp3) is 0.458. The molecule has 1 aliphatic heterocycles. The SMILES string of the molecule is COc1cc(CCC(=O)N2CCCN(S(=O)(=O)c3ccc(C)cc3)CC2)cc(OC)c1OC. The summed E-state index contributed by atoms with van der Waals surface area (Å²) in [5, 5.41) is 0. The topological polar surface area (TPSA) is 85.4 Å². The Hall–Kier alpha value is -2.78. The van der Waals surface area contributed by atoms with Crippen molar-refractivity contribution in [2.45, 2.75) is 31.1 Å². The van der Waals surface area contributed by atoms with Crippen LogP contribution in [0.15, 0.2) is 41.3 Å². The summed E-state index contributed by atoms with van der Waals surface area (Å²) >= 11 is 0. The predicted molar refractivity (Wildman–Crippen MR) is 126 cm³/mol. The second-order valence-electron chi connectivity index (χ2n) is 7.99. The van der Waals surface area contributed by atoms with Crippen LogP contribution >= 0.6 is 0 Å². The van der Waals surface area contributed by atoms with Crippen LogP contribution < -0.4 is 14.2 Å². The standard InChI is InChI=1S/C24H32N2O6S/c1-18-6-9-20(10-7-18)33(28,29)26-13-5-12-25(14-15-26)23(27)11-8-19-16-21(30-2)24(32-4)22(17-19)31-3/h6-7,9-10,16-17H,5,8,11-15H2,1-4H3. The van der Waals surface area contributed by atoms with Crippen molar-refractivity contribution in [3.63, 3.8) is 0 Å². The molecule has 1 heterocycles. The molecule has 0 bridgehead atoms. The van der Waals surface area contributed by atoms with E-state index in [1.807, 2.05) is 19.1 Å². The van der Waals surface area contributed by atoms with Crippen LogP contribution in [0.2, 0.25) is 0 Å². The highest BCUT2D eigenvalue weighted by Crippen LogP contribution is 2.38. The van der Waals surface area contributed by atoms with E-state index in [-0.39, 0.29) is 17.3 Å². The molecule has 0 unspecified atom stereocenters. The average molecular weight is 477 g/mol. The van der Waals surface area contributed by atoms with Crippen molar-refractivity contribution in [1.29, 1.82) is 0 Å². The summed E-state index contributed by atoms with van der Waals surface area (Å²) in [6, 6.07) is 10.5. The van der Waals surface area contributed by atoms with Crippen LogP contribution in [-0.4, -0.2) is 71.0 Å². The highest BCUT2D eigenvalue weighted by Gasteiger charge is 2.28. The van der Waals surface area contributed by atoms with Gasteiger partial charge in [-0.15, -0.1) is 0 Å². The number of benzene rings is 2. The van der Waals surface area contributed by atoms with Gasteiger partial charge in [0.2, 0.25) is 21.7 Å². The summed E-state index contributed by atoms with van der Waals surface area (Å²) in [5.41, 5.74) is 1.91. The summed E-state index contributed by atoms with van der Waals surface area (Å²) in [5.74, 6) is 1.60. The number of carbonyl (C=O) groups is 1. The minimum Gasteiger partial charge on any atom is -0.493 e. The molecule has 2 aromatic rings. The van der Waals surface area contributed by atoms with E-state index in [1.165, 1.54) is 4.31 Å². The van der Waals surface area contributed by atoms with E-state index < -0.39 is 10.0 Å². The van der Waals surface area contributed by atoms with Crippen LogP contribution in [0.1, 0.15) is 24.0 Å². The van der Waals surface area contributed by atoms with Crippen molar-refractivity contribution < 1.29 is 27.4 Å². The summed E-state index contributed by atoms with van der Waals surface area (Å²) in [6.45, 7) is 3.51. The van der Waals surface area contributed by atoms with Gasteiger partial charge in [0.25, 0.3) is 0 Å². The van der Waals surface area contributed by atoms with Crippen molar-refractivity contribution in [3.8, 4) is 17.2 Å². The molecular weight excluding hydrogens is 444 g/mol. The summed E-state index contributed by atoms with van der Waals surface area (Å²) in [4.78, 5) is 14.9. The fourth-order valence-electron chi connectivity index (χ4n) is 3.93. The zero-order chi connectivity index (χ0) is 24.0. The molecule has 180 valence electrons. The number of carbonyl (C=O) groups excluding carboxylic acids is 1. The zero-order valence-electron chi connectivity index (χ0n) is 19.7. The van der Waals surface area contributed by atoms with Crippen molar-refractivity contribution in [3.05, 3.63) is 47.5 Å². The van der Waals surface area contributed by atoms with Crippen molar-refractivity contribution in [1.82, 2.24) is 9.21 Å². The molecule has 3 rings (SSSR count). The van der Waals surface area contributed by atoms with Crippen LogP contribution in [0.5, 0.6) is 17.2 Å². The van der Waals surface area contributed by atoms with Gasteiger partial charge in [-0.3, -0.25) is 4.79 Å². The quantitative estimate of drug-likeness (QED) is 0.583. The minimum atomic E-state index is -3.57. The first-order valence-corrected chi connectivity index (χ1v) is 12.4. The normalized spacial score (nSPS) is 15.1. The predicted octanol–water partition coefficient (Wildman–Crippen LogP) is 2.88. The number of amides is 1. The summed E-state index contributed by atoms with van der Waals surface area (Å²) in [7, 11) is 1.08. The molecule has 0 aromatic heterocycles. The Morgan fingerprint density at radius 2 is 1.55 bits per heavy atom. The Kier molecular flexibility index (Phi) is 8.20. The van der Waals surface area contributed by atoms with Crippen LogP contribution in [0.3, 0.4) is 0 Å². The van der Waals surface area contributed by atoms with E-state index in [0.717, 1.165) is 11.1 Å². The molecule has 1 amide bonds. The van der Waals surface area contributed by atoms with Gasteiger partial charge in [0, 0.05) is 32.6 Å². The van der Waals surface area contributed by atoms with Crippen molar-refractivity contribution in [2.75, 3.05) is 47.5 Å². The first-order chi connectivity index (χ1) is 15.8. The number of ether oxygens (including phenoxy) is 3. The fourth-order valence-corrected chi connectivity index (χ4v) is 5.40. The zero-order valence-corrected chi connectivity index (χ0v) is 20.5. The largest absolute Gasteiger partial charge is 0.493 e. The molecule has 0 atom stereocenters. The molecule has 8 nitrogen and oxygen atoms in total. The van der Waals surface area contributed by atoms with E-state index in [9.17, 15) is 13.2 Å². The number of hydrogen-bond donors (Lipinski definition) is 0. The molecule has 9 heteroatoms. The van der Waals surface area contributed by atoms with Crippen molar-refractivity contribution in [2.24, 2.45) is 0 Å². The molecule has 1 fully saturated rings. The number of aryl methyl sites for hydroxylation is 2. The third-order valence-corrected chi connectivity index (χ3v) is 7.73. The van der Waals surface area contributed by atoms with Gasteiger partial charge in [-0.1, -0.05) is 17.7 Å². The van der Waals surface area contributed by atoms with Gasteiger partial charge in [-0.2, -0.15) is 4.31 Å². The van der Waals surface area contributed by atoms with Gasteiger partial charge >= 0.3 is 0 Å². The van der Waals surface area contributed by atoms with Crippen LogP contribution in [-0.2, 0) is 21.2 Å². The Morgan fingerprint density at radius 3 is 2.12 bits per heavy atom. The maximum atomic E-state index is 13.0. The molecule has 0 spiro atoms. The van der Waals surface area contributed by atoms with Crippen LogP contribution in [0.25, 0.3) is 0 Å². The smallest absolute Gasteiger partial charge is 0.243 e. The minimum absolute atomic E-state index is 0.00154. The molecule has 1 aliphatic rings. The molecule has 1 saturated heterocycles. The Bertz CT molecular complexity index is 1040. The lowest BCUT2D eigenvalue weighted by Crippen LogP contribution is -2.37. The second kappa shape index (κ2) is 10.9. The van der Waals surface area contributed by atoms with Crippen LogP contribution in [0, 0.1) is 6.92 Å². The summed E-state index contributed by atoms with van der Waals surface area (Å²) < 4.78 is 43.6. The number of hydrogen-bond acceptors (Lipinski definition) is 6. The first-order valence-electron chi connectivity index (χ1n) is 10.9. The summed E-state index contributed by atoms with van der Waals surface area (Å²) in [6.07, 6.45) is 1.42. The van der Waals surface area contributed by atoms with Crippen LogP contribution in [0.4, 0.5) is 0 Å². The average Bonchev–Trinajstić information content (AvgIpc) is 3.09. The number of sulfonamides is 1. The van der Waals surface area contributed by atoms with E-state index in [1.54, 1.807) is 50.5 Å². The van der Waals surface area contributed by atoms with Gasteiger partial charge in [0.1, 0.15) is 0 Å². The number of methoxy groups -OCH3 is 3. The molecule has 0 N–H and O–H groups in total. The maximum absolute atomic E-state index is 13.0. The molecule has 2 aromatic carbocycles. The van der Waals surface area contributed by atoms with E-state index >= 15 is 0 Å². The third-order valence-electron chi connectivity index (χ3n) is 5.82. The molecular formula is C24H32N2O6S. The van der Waals surface area contributed by atoms with Gasteiger partial charge in [-0.25, -0.2) is 8.42 Å². The van der Waals surface area contributed by atoms with E-state index in [0.29, 0.717) is 56.1 Å². The van der Waals surface area contributed by atoms with Gasteiger partial charge in [-0.05, 0) is 49.6 Å². The van der Waals surface area contributed by atoms with Gasteiger partial charge < -0.3 is 19.1 Å². The lowest BCUT2D eigenvalue weighted by molar-refractivity contribution is -0.131. The molecule has 33 heavy (non-hydrogen) atoms. The highest BCUT2D eigenvalue weighted by atomic mass is 32.2. The Labute approximate surface area is 196 Å². The molecule has 0 saturated carbocycles. The van der Waals surface area contributed by atoms with Gasteiger partial charge in [0.15, 0.2) is 11.5 Å². The number of rotatable bonds is 8. The monoisotopic (exact) mass is 476 g/mol. The lowest BCUT2D eigenvalue weighted by Gasteiger charge is -2.22. The molecule has 0 radical (unpaired) electrons. The first kappa shape index (κ1) is 24.9. The highest BCUT2D eigenvalue weighted by molar-refractivity contribution is 7.89. The van der Waals surface area contributed by atoms with E-state index in [2.05, 4.69) is 0 Å². The Morgan fingerprint density at radius 1 is 0.909 bits per heavy atom. The lowest BCUT2D eigenvalue weighted by atomic mass is 10.1. The third kappa shape index (κ3) is 5.78. The molecule has 0 aliphatic carbocycles. The maximum Gasteiger partial charge on any atom is 0.243 e. The van der Waals surface area contributed by atoms with E-state index in [4.69, 9.17) is 14.2 Å². The van der Waals surface area contributed by atoms with Gasteiger partial charge in [0.05, 0.1) is 26.2 Å².